The molecular weight excluding hydrogens is 345 g/mol. The fraction of sp³-hybridized carbons (Fsp3) is 0.300. The van der Waals surface area contributed by atoms with Crippen LogP contribution in [0.2, 0.25) is 0 Å². The molecule has 2 aliphatic rings. The Morgan fingerprint density at radius 1 is 1.15 bits per heavy atom. The molecule has 1 amide bonds. The van der Waals surface area contributed by atoms with Crippen molar-refractivity contribution in [1.29, 1.82) is 0 Å². The van der Waals surface area contributed by atoms with E-state index < -0.39 is 6.17 Å². The number of aromatic nitrogens is 4. The summed E-state index contributed by atoms with van der Waals surface area (Å²) in [5.41, 5.74) is 3.22. The van der Waals surface area contributed by atoms with Gasteiger partial charge in [-0.15, -0.1) is 5.10 Å². The topological polar surface area (TPSA) is 63.9 Å². The number of hydrogen-bond acceptors (Lipinski definition) is 4. The van der Waals surface area contributed by atoms with Crippen LogP contribution in [0, 0.1) is 0 Å². The third-order valence-electron chi connectivity index (χ3n) is 5.34. The van der Waals surface area contributed by atoms with Crippen molar-refractivity contribution in [3.8, 4) is 0 Å². The van der Waals surface area contributed by atoms with Gasteiger partial charge in [0.2, 0.25) is 5.82 Å². The SMILES string of the molecule is O=C(c1nc2n(n1)C(c1ccccc1)CC2F)N1CCc2ccncc2C1. The Hall–Kier alpha value is -3.09. The minimum Gasteiger partial charge on any atom is -0.331 e. The quantitative estimate of drug-likeness (QED) is 0.702. The molecule has 7 heteroatoms. The second kappa shape index (κ2) is 6.26. The minimum atomic E-state index is -1.21. The van der Waals surface area contributed by atoms with Crippen LogP contribution in [0.3, 0.4) is 0 Å². The highest BCUT2D eigenvalue weighted by molar-refractivity contribution is 5.90. The van der Waals surface area contributed by atoms with Crippen molar-refractivity contribution in [2.24, 2.45) is 0 Å². The highest BCUT2D eigenvalue weighted by Gasteiger charge is 2.37. The molecule has 0 N–H and O–H groups in total. The van der Waals surface area contributed by atoms with Crippen LogP contribution >= 0.6 is 0 Å². The molecule has 4 heterocycles. The average molecular weight is 363 g/mol. The number of fused-ring (bicyclic) bond motifs is 2. The Labute approximate surface area is 155 Å². The van der Waals surface area contributed by atoms with Gasteiger partial charge in [-0.3, -0.25) is 9.78 Å². The monoisotopic (exact) mass is 363 g/mol. The lowest BCUT2D eigenvalue weighted by Gasteiger charge is -2.27. The van der Waals surface area contributed by atoms with Gasteiger partial charge < -0.3 is 4.90 Å². The molecular formula is C20H18FN5O. The molecule has 1 aromatic carbocycles. The molecule has 5 rings (SSSR count). The largest absolute Gasteiger partial charge is 0.331 e. The second-order valence-corrected chi connectivity index (χ2v) is 6.99. The van der Waals surface area contributed by atoms with Crippen LogP contribution in [0.15, 0.2) is 48.8 Å². The highest BCUT2D eigenvalue weighted by Crippen LogP contribution is 2.39. The number of carbonyl (C=O) groups excluding carboxylic acids is 1. The van der Waals surface area contributed by atoms with Crippen molar-refractivity contribution >= 4 is 5.91 Å². The predicted molar refractivity (Wildman–Crippen MR) is 95.8 cm³/mol. The van der Waals surface area contributed by atoms with Crippen LogP contribution in [0.5, 0.6) is 0 Å². The summed E-state index contributed by atoms with van der Waals surface area (Å²) in [6, 6.07) is 11.4. The molecule has 0 radical (unpaired) electrons. The van der Waals surface area contributed by atoms with Gasteiger partial charge >= 0.3 is 0 Å². The van der Waals surface area contributed by atoms with Crippen LogP contribution < -0.4 is 0 Å². The lowest BCUT2D eigenvalue weighted by molar-refractivity contribution is 0.0721. The van der Waals surface area contributed by atoms with Crippen molar-refractivity contribution in [3.63, 3.8) is 0 Å². The normalized spacial score (nSPS) is 21.0. The molecule has 0 saturated heterocycles. The summed E-state index contributed by atoms with van der Waals surface area (Å²) < 4.78 is 16.1. The number of halogens is 1. The third kappa shape index (κ3) is 2.70. The number of pyridine rings is 1. The first kappa shape index (κ1) is 16.1. The van der Waals surface area contributed by atoms with Gasteiger partial charge in [0.05, 0.1) is 6.04 Å². The lowest BCUT2D eigenvalue weighted by Crippen LogP contribution is -2.36. The van der Waals surface area contributed by atoms with Crippen molar-refractivity contribution in [3.05, 3.63) is 77.1 Å². The van der Waals surface area contributed by atoms with E-state index in [-0.39, 0.29) is 23.6 Å². The number of nitrogens with zero attached hydrogens (tertiary/aromatic N) is 5. The van der Waals surface area contributed by atoms with Crippen LogP contribution in [0.25, 0.3) is 0 Å². The number of carbonyl (C=O) groups is 1. The molecule has 0 bridgehead atoms. The van der Waals surface area contributed by atoms with Crippen molar-refractivity contribution in [2.45, 2.75) is 31.6 Å². The Balaban J connectivity index is 1.43. The predicted octanol–water partition coefficient (Wildman–Crippen LogP) is 2.88. The first-order valence-corrected chi connectivity index (χ1v) is 9.07. The van der Waals surface area contributed by atoms with Crippen LogP contribution in [0.1, 0.15) is 51.8 Å². The van der Waals surface area contributed by atoms with E-state index in [4.69, 9.17) is 0 Å². The van der Waals surface area contributed by atoms with Crippen LogP contribution in [0.4, 0.5) is 4.39 Å². The molecule has 0 saturated carbocycles. The summed E-state index contributed by atoms with van der Waals surface area (Å²) in [6.45, 7) is 1.08. The zero-order chi connectivity index (χ0) is 18.4. The highest BCUT2D eigenvalue weighted by atomic mass is 19.1. The van der Waals surface area contributed by atoms with Gasteiger partial charge in [-0.25, -0.2) is 14.1 Å². The Morgan fingerprint density at radius 2 is 2.00 bits per heavy atom. The molecule has 6 nitrogen and oxygen atoms in total. The average Bonchev–Trinajstić information content (AvgIpc) is 3.28. The van der Waals surface area contributed by atoms with E-state index in [1.165, 1.54) is 5.56 Å². The van der Waals surface area contributed by atoms with Crippen LogP contribution in [-0.4, -0.2) is 37.1 Å². The van der Waals surface area contributed by atoms with E-state index in [2.05, 4.69) is 15.1 Å². The first-order valence-electron chi connectivity index (χ1n) is 9.07. The smallest absolute Gasteiger partial charge is 0.293 e. The molecule has 0 aliphatic carbocycles. The molecule has 0 fully saturated rings. The standard InChI is InChI=1S/C20H18FN5O/c21-16-10-17(14-4-2-1-3-5-14)26-19(16)23-18(24-26)20(27)25-9-7-13-6-8-22-11-15(13)12-25/h1-6,8,11,16-17H,7,9-10,12H2. The van der Waals surface area contributed by atoms with Gasteiger partial charge in [-0.2, -0.15) is 0 Å². The van der Waals surface area contributed by atoms with E-state index in [0.29, 0.717) is 19.5 Å². The number of rotatable bonds is 2. The zero-order valence-electron chi connectivity index (χ0n) is 14.6. The van der Waals surface area contributed by atoms with Crippen molar-refractivity contribution < 1.29 is 9.18 Å². The molecule has 2 aromatic heterocycles. The zero-order valence-corrected chi connectivity index (χ0v) is 14.6. The summed E-state index contributed by atoms with van der Waals surface area (Å²) in [6.07, 6.45) is 3.42. The molecule has 0 spiro atoms. The molecule has 2 aliphatic heterocycles. The van der Waals surface area contributed by atoms with E-state index in [0.717, 1.165) is 17.5 Å². The van der Waals surface area contributed by atoms with Crippen LogP contribution in [-0.2, 0) is 13.0 Å². The van der Waals surface area contributed by atoms with E-state index in [9.17, 15) is 9.18 Å². The molecule has 136 valence electrons. The third-order valence-corrected chi connectivity index (χ3v) is 5.34. The first-order chi connectivity index (χ1) is 13.2. The number of amides is 1. The fourth-order valence-corrected chi connectivity index (χ4v) is 3.92. The molecule has 2 atom stereocenters. The summed E-state index contributed by atoms with van der Waals surface area (Å²) in [5, 5.41) is 4.39. The Kier molecular flexibility index (Phi) is 3.74. The van der Waals surface area contributed by atoms with Gasteiger partial charge in [-0.05, 0) is 29.2 Å². The Bertz CT molecular complexity index is 1000. The van der Waals surface area contributed by atoms with Gasteiger partial charge in [0.1, 0.15) is 0 Å². The molecule has 27 heavy (non-hydrogen) atoms. The maximum atomic E-state index is 14.5. The summed E-state index contributed by atoms with van der Waals surface area (Å²) in [4.78, 5) is 23.0. The summed E-state index contributed by atoms with van der Waals surface area (Å²) in [7, 11) is 0. The van der Waals surface area contributed by atoms with Gasteiger partial charge in [0.15, 0.2) is 12.0 Å². The number of benzene rings is 1. The van der Waals surface area contributed by atoms with E-state index in [1.807, 2.05) is 36.4 Å². The van der Waals surface area contributed by atoms with Gasteiger partial charge in [0, 0.05) is 31.9 Å². The van der Waals surface area contributed by atoms with Gasteiger partial charge in [0.25, 0.3) is 5.91 Å². The summed E-state index contributed by atoms with van der Waals surface area (Å²) >= 11 is 0. The Morgan fingerprint density at radius 3 is 2.85 bits per heavy atom. The van der Waals surface area contributed by atoms with Crippen molar-refractivity contribution in [1.82, 2.24) is 24.6 Å². The fourth-order valence-electron chi connectivity index (χ4n) is 3.92. The van der Waals surface area contributed by atoms with Gasteiger partial charge in [-0.1, -0.05) is 30.3 Å². The maximum absolute atomic E-state index is 14.5. The molecule has 2 unspecified atom stereocenters. The number of alkyl halides is 1. The maximum Gasteiger partial charge on any atom is 0.293 e. The van der Waals surface area contributed by atoms with Crippen molar-refractivity contribution in [2.75, 3.05) is 6.54 Å². The summed E-state index contributed by atoms with van der Waals surface area (Å²) in [5.74, 6) is 0.0531. The number of hydrogen-bond donors (Lipinski definition) is 0. The van der Waals surface area contributed by atoms with E-state index >= 15 is 0 Å². The molecule has 3 aromatic rings. The second-order valence-electron chi connectivity index (χ2n) is 6.99. The lowest BCUT2D eigenvalue weighted by atomic mass is 10.0. The minimum absolute atomic E-state index is 0.0700. The van der Waals surface area contributed by atoms with E-state index in [1.54, 1.807) is 22.0 Å².